The Bertz CT molecular complexity index is 753. The number of ether oxygens (including phenoxy) is 4. The minimum Gasteiger partial charge on any atom is -0.493 e. The highest BCUT2D eigenvalue weighted by molar-refractivity contribution is 7.60. The van der Waals surface area contributed by atoms with E-state index in [2.05, 4.69) is 4.90 Å². The molecule has 1 aliphatic heterocycles. The van der Waals surface area contributed by atoms with Gasteiger partial charge in [0.05, 0.1) is 27.4 Å². The SMILES string of the molecule is COc1ccc(C=C(C(=O)OCCN2CCOCC2)P(=O)(OC)OC)cc1OC. The highest BCUT2D eigenvalue weighted by Crippen LogP contribution is 2.55. The van der Waals surface area contributed by atoms with Crippen LogP contribution in [0.2, 0.25) is 0 Å². The fraction of sp³-hybridized carbons (Fsp3) is 0.526. The van der Waals surface area contributed by atoms with E-state index in [4.69, 9.17) is 28.0 Å². The maximum absolute atomic E-state index is 12.9. The molecule has 162 valence electrons. The van der Waals surface area contributed by atoms with Gasteiger partial charge in [-0.2, -0.15) is 0 Å². The normalized spacial score (nSPS) is 15.8. The summed E-state index contributed by atoms with van der Waals surface area (Å²) in [5.41, 5.74) is 0.553. The zero-order valence-corrected chi connectivity index (χ0v) is 18.1. The predicted molar refractivity (Wildman–Crippen MR) is 107 cm³/mol. The number of nitrogens with zero attached hydrogens (tertiary/aromatic N) is 1. The number of hydrogen-bond acceptors (Lipinski definition) is 9. The van der Waals surface area contributed by atoms with Gasteiger partial charge in [-0.25, -0.2) is 4.79 Å². The van der Waals surface area contributed by atoms with Gasteiger partial charge in [0.15, 0.2) is 11.5 Å². The third-order valence-electron chi connectivity index (χ3n) is 4.44. The summed E-state index contributed by atoms with van der Waals surface area (Å²) < 4.78 is 44.1. The highest BCUT2D eigenvalue weighted by Gasteiger charge is 2.34. The molecule has 29 heavy (non-hydrogen) atoms. The standard InChI is InChI=1S/C19H28NO8P/c1-23-16-6-5-15(13-17(16)24-2)14-18(29(22,25-3)26-4)19(21)28-12-9-20-7-10-27-11-8-20/h5-6,13-14H,7-12H2,1-4H3. The second kappa shape index (κ2) is 11.3. The summed E-state index contributed by atoms with van der Waals surface area (Å²) in [7, 11) is 1.61. The third-order valence-corrected chi connectivity index (χ3v) is 6.30. The molecule has 0 aliphatic carbocycles. The van der Waals surface area contributed by atoms with Crippen LogP contribution in [0.1, 0.15) is 5.56 Å². The van der Waals surface area contributed by atoms with Crippen LogP contribution < -0.4 is 9.47 Å². The van der Waals surface area contributed by atoms with E-state index in [0.717, 1.165) is 13.1 Å². The molecule has 10 heteroatoms. The molecule has 0 amide bonds. The number of carbonyl (C=O) groups is 1. The van der Waals surface area contributed by atoms with Crippen molar-refractivity contribution in [2.45, 2.75) is 0 Å². The van der Waals surface area contributed by atoms with Gasteiger partial charge in [-0.3, -0.25) is 9.46 Å². The Balaban J connectivity index is 2.21. The van der Waals surface area contributed by atoms with E-state index in [-0.39, 0.29) is 11.9 Å². The lowest BCUT2D eigenvalue weighted by Gasteiger charge is -2.26. The molecule has 1 saturated heterocycles. The van der Waals surface area contributed by atoms with Crippen LogP contribution in [0.25, 0.3) is 6.08 Å². The van der Waals surface area contributed by atoms with Gasteiger partial charge >= 0.3 is 13.6 Å². The second-order valence-electron chi connectivity index (χ2n) is 6.10. The first-order valence-electron chi connectivity index (χ1n) is 9.10. The molecule has 0 radical (unpaired) electrons. The molecule has 1 aliphatic rings. The first-order valence-corrected chi connectivity index (χ1v) is 10.6. The fourth-order valence-corrected chi connectivity index (χ4v) is 3.93. The van der Waals surface area contributed by atoms with E-state index < -0.39 is 13.6 Å². The van der Waals surface area contributed by atoms with Crippen LogP contribution in [0.5, 0.6) is 11.5 Å². The maximum Gasteiger partial charge on any atom is 0.368 e. The van der Waals surface area contributed by atoms with Gasteiger partial charge in [0.25, 0.3) is 0 Å². The topological polar surface area (TPSA) is 92.8 Å². The molecule has 1 aromatic rings. The van der Waals surface area contributed by atoms with Gasteiger partial charge in [0, 0.05) is 33.9 Å². The molecule has 0 bridgehead atoms. The van der Waals surface area contributed by atoms with E-state index in [0.29, 0.717) is 36.8 Å². The molecule has 0 saturated carbocycles. The minimum atomic E-state index is -3.85. The Morgan fingerprint density at radius 3 is 2.34 bits per heavy atom. The van der Waals surface area contributed by atoms with Crippen molar-refractivity contribution in [2.75, 3.05) is 67.9 Å². The van der Waals surface area contributed by atoms with Gasteiger partial charge < -0.3 is 28.0 Å². The average Bonchev–Trinajstić information content (AvgIpc) is 2.77. The van der Waals surface area contributed by atoms with Crippen LogP contribution in [0, 0.1) is 0 Å². The molecule has 0 N–H and O–H groups in total. The van der Waals surface area contributed by atoms with Crippen LogP contribution in [0.15, 0.2) is 23.5 Å². The van der Waals surface area contributed by atoms with Gasteiger partial charge in [-0.05, 0) is 23.8 Å². The van der Waals surface area contributed by atoms with Gasteiger partial charge in [0.1, 0.15) is 11.9 Å². The van der Waals surface area contributed by atoms with Gasteiger partial charge in [0.2, 0.25) is 0 Å². The molecule has 2 rings (SSSR count). The van der Waals surface area contributed by atoms with E-state index in [9.17, 15) is 9.36 Å². The molecule has 0 atom stereocenters. The Morgan fingerprint density at radius 2 is 1.76 bits per heavy atom. The van der Waals surface area contributed by atoms with Crippen molar-refractivity contribution in [3.05, 3.63) is 29.1 Å². The molecule has 1 aromatic carbocycles. The van der Waals surface area contributed by atoms with Gasteiger partial charge in [-0.15, -0.1) is 0 Å². The lowest BCUT2D eigenvalue weighted by molar-refractivity contribution is -0.139. The number of carbonyl (C=O) groups excluding carboxylic acids is 1. The van der Waals surface area contributed by atoms with Crippen molar-refractivity contribution < 1.29 is 37.4 Å². The Morgan fingerprint density at radius 1 is 1.10 bits per heavy atom. The van der Waals surface area contributed by atoms with Crippen molar-refractivity contribution >= 4 is 19.6 Å². The zero-order valence-electron chi connectivity index (χ0n) is 17.2. The van der Waals surface area contributed by atoms with Crippen LogP contribution >= 0.6 is 7.60 Å². The number of esters is 1. The Kier molecular flexibility index (Phi) is 9.13. The van der Waals surface area contributed by atoms with Crippen molar-refractivity contribution in [2.24, 2.45) is 0 Å². The zero-order chi connectivity index (χ0) is 21.3. The lowest BCUT2D eigenvalue weighted by atomic mass is 10.2. The summed E-state index contributed by atoms with van der Waals surface area (Å²) >= 11 is 0. The predicted octanol–water partition coefficient (Wildman–Crippen LogP) is 2.41. The summed E-state index contributed by atoms with van der Waals surface area (Å²) in [4.78, 5) is 14.8. The minimum absolute atomic E-state index is 0.148. The van der Waals surface area contributed by atoms with Crippen molar-refractivity contribution in [1.29, 1.82) is 0 Å². The largest absolute Gasteiger partial charge is 0.493 e. The lowest BCUT2D eigenvalue weighted by Crippen LogP contribution is -2.38. The summed E-state index contributed by atoms with van der Waals surface area (Å²) in [6, 6.07) is 5.02. The van der Waals surface area contributed by atoms with Crippen molar-refractivity contribution in [1.82, 2.24) is 4.90 Å². The summed E-state index contributed by atoms with van der Waals surface area (Å²) in [5.74, 6) is 0.229. The van der Waals surface area contributed by atoms with E-state index in [1.54, 1.807) is 18.2 Å². The fourth-order valence-electron chi connectivity index (χ4n) is 2.79. The number of methoxy groups -OCH3 is 2. The quantitative estimate of drug-likeness (QED) is 0.316. The monoisotopic (exact) mass is 429 g/mol. The third kappa shape index (κ3) is 6.29. The van der Waals surface area contributed by atoms with E-state index >= 15 is 0 Å². The molecular weight excluding hydrogens is 401 g/mol. The van der Waals surface area contributed by atoms with Crippen LogP contribution in [0.4, 0.5) is 0 Å². The number of morpholine rings is 1. The van der Waals surface area contributed by atoms with Crippen LogP contribution in [-0.4, -0.2) is 78.8 Å². The van der Waals surface area contributed by atoms with Crippen LogP contribution in [0.3, 0.4) is 0 Å². The molecular formula is C19H28NO8P. The molecule has 9 nitrogen and oxygen atoms in total. The Labute approximate surface area is 171 Å². The number of benzene rings is 1. The molecule has 0 unspecified atom stereocenters. The summed E-state index contributed by atoms with van der Waals surface area (Å²) in [6.45, 7) is 3.57. The number of hydrogen-bond donors (Lipinski definition) is 0. The van der Waals surface area contributed by atoms with Crippen molar-refractivity contribution in [3.63, 3.8) is 0 Å². The van der Waals surface area contributed by atoms with E-state index in [1.165, 1.54) is 34.5 Å². The first-order chi connectivity index (χ1) is 14.0. The Hall–Kier alpha value is -1.90. The maximum atomic E-state index is 12.9. The molecule has 1 fully saturated rings. The van der Waals surface area contributed by atoms with E-state index in [1.807, 2.05) is 0 Å². The molecule has 1 heterocycles. The summed E-state index contributed by atoms with van der Waals surface area (Å²) in [6.07, 6.45) is 1.41. The average molecular weight is 429 g/mol. The highest BCUT2D eigenvalue weighted by atomic mass is 31.2. The van der Waals surface area contributed by atoms with Crippen LogP contribution in [-0.2, 0) is 27.9 Å². The second-order valence-corrected chi connectivity index (χ2v) is 8.30. The van der Waals surface area contributed by atoms with Crippen molar-refractivity contribution in [3.8, 4) is 11.5 Å². The number of rotatable bonds is 10. The molecule has 0 aromatic heterocycles. The first kappa shape index (κ1) is 23.4. The summed E-state index contributed by atoms with van der Waals surface area (Å²) in [5, 5.41) is -0.198. The molecule has 0 spiro atoms. The van der Waals surface area contributed by atoms with Gasteiger partial charge in [-0.1, -0.05) is 6.07 Å². The smallest absolute Gasteiger partial charge is 0.368 e.